The minimum Gasteiger partial charge on any atom is -0.480 e. The molecular formula is C28H37N3O5S2. The first-order valence-electron chi connectivity index (χ1n) is 12.9. The molecule has 1 aromatic heterocycles. The van der Waals surface area contributed by atoms with Gasteiger partial charge in [-0.25, -0.2) is 13.2 Å². The summed E-state index contributed by atoms with van der Waals surface area (Å²) in [7, 11) is -3.00. The van der Waals surface area contributed by atoms with Gasteiger partial charge in [0.2, 0.25) is 0 Å². The zero-order valence-electron chi connectivity index (χ0n) is 22.2. The van der Waals surface area contributed by atoms with Crippen molar-refractivity contribution in [2.45, 2.75) is 71.3 Å². The van der Waals surface area contributed by atoms with E-state index in [9.17, 15) is 23.1 Å². The average Bonchev–Trinajstić information content (AvgIpc) is 3.32. The zero-order chi connectivity index (χ0) is 27.9. The number of anilines is 1. The van der Waals surface area contributed by atoms with Gasteiger partial charge in [-0.05, 0) is 69.4 Å². The fourth-order valence-electron chi connectivity index (χ4n) is 5.07. The Kier molecular flexibility index (Phi) is 10.0. The maximum atomic E-state index is 12.6. The Bertz CT molecular complexity index is 1270. The standard InChI is InChI=1S/C28H37N3O5S2/c1-19-8-13-23(20(2)29-19)25(32)30-22-11-9-21(10-12-22)18-24(26(33)34)31-27(37)28(14-4-5-15-28)16-6-7-17-38(3,35)36/h8-13,24H,4-7,14-18H2,1-3H3,(H,30,32)(H,31,37)(H,33,34). The number of sulfone groups is 1. The van der Waals surface area contributed by atoms with Gasteiger partial charge in [-0.3, -0.25) is 9.78 Å². The number of aliphatic carboxylic acids is 1. The number of carboxylic acids is 1. The molecule has 0 bridgehead atoms. The molecule has 1 heterocycles. The third kappa shape index (κ3) is 8.33. The molecule has 10 heteroatoms. The lowest BCUT2D eigenvalue weighted by Gasteiger charge is -2.32. The van der Waals surface area contributed by atoms with Crippen LogP contribution >= 0.6 is 12.2 Å². The maximum Gasteiger partial charge on any atom is 0.326 e. The highest BCUT2D eigenvalue weighted by molar-refractivity contribution is 7.90. The fraction of sp³-hybridized carbons (Fsp3) is 0.500. The number of hydrogen-bond donors (Lipinski definition) is 3. The van der Waals surface area contributed by atoms with Gasteiger partial charge >= 0.3 is 5.97 Å². The van der Waals surface area contributed by atoms with Crippen LogP contribution in [0.4, 0.5) is 5.69 Å². The molecule has 2 aromatic rings. The topological polar surface area (TPSA) is 125 Å². The quantitative estimate of drug-likeness (QED) is 0.254. The van der Waals surface area contributed by atoms with Crippen molar-refractivity contribution in [1.82, 2.24) is 10.3 Å². The van der Waals surface area contributed by atoms with Crippen molar-refractivity contribution < 1.29 is 23.1 Å². The molecule has 1 amide bonds. The van der Waals surface area contributed by atoms with Gasteiger partial charge in [0.05, 0.1) is 16.2 Å². The summed E-state index contributed by atoms with van der Waals surface area (Å²) in [5, 5.41) is 15.9. The summed E-state index contributed by atoms with van der Waals surface area (Å²) < 4.78 is 22.9. The van der Waals surface area contributed by atoms with E-state index in [4.69, 9.17) is 12.2 Å². The van der Waals surface area contributed by atoms with Gasteiger partial charge in [-0.2, -0.15) is 0 Å². The Balaban J connectivity index is 1.61. The highest BCUT2D eigenvalue weighted by Crippen LogP contribution is 2.43. The van der Waals surface area contributed by atoms with Gasteiger partial charge in [0.25, 0.3) is 5.91 Å². The number of carbonyl (C=O) groups is 2. The SMILES string of the molecule is Cc1ccc(C(=O)Nc2ccc(CC(NC(=S)C3(CCCCS(C)(=O)=O)CCCC3)C(=O)O)cc2)c(C)n1. The normalized spacial score (nSPS) is 15.6. The summed E-state index contributed by atoms with van der Waals surface area (Å²) in [6.45, 7) is 3.66. The Morgan fingerprint density at radius 1 is 1.08 bits per heavy atom. The summed E-state index contributed by atoms with van der Waals surface area (Å²) in [5.74, 6) is -1.09. The molecule has 0 radical (unpaired) electrons. The van der Waals surface area contributed by atoms with E-state index in [1.807, 2.05) is 6.92 Å². The second kappa shape index (κ2) is 12.8. The smallest absolute Gasteiger partial charge is 0.326 e. The van der Waals surface area contributed by atoms with Crippen LogP contribution in [0.15, 0.2) is 36.4 Å². The Morgan fingerprint density at radius 3 is 2.32 bits per heavy atom. The molecule has 1 saturated carbocycles. The van der Waals surface area contributed by atoms with Crippen LogP contribution in [0.25, 0.3) is 0 Å². The number of nitrogens with zero attached hydrogens (tertiary/aromatic N) is 1. The molecule has 0 aliphatic heterocycles. The molecule has 1 atom stereocenters. The van der Waals surface area contributed by atoms with Crippen LogP contribution < -0.4 is 10.6 Å². The van der Waals surface area contributed by atoms with E-state index in [0.29, 0.717) is 28.4 Å². The molecule has 0 saturated heterocycles. The molecule has 3 N–H and O–H groups in total. The number of carboxylic acid groups (broad SMARTS) is 1. The monoisotopic (exact) mass is 559 g/mol. The van der Waals surface area contributed by atoms with Crippen LogP contribution in [0.2, 0.25) is 0 Å². The van der Waals surface area contributed by atoms with E-state index >= 15 is 0 Å². The van der Waals surface area contributed by atoms with Gasteiger partial charge in [0, 0.05) is 35.2 Å². The van der Waals surface area contributed by atoms with E-state index in [2.05, 4.69) is 15.6 Å². The second-order valence-electron chi connectivity index (χ2n) is 10.4. The molecule has 1 aromatic carbocycles. The number of rotatable bonds is 12. The lowest BCUT2D eigenvalue weighted by atomic mass is 9.80. The van der Waals surface area contributed by atoms with Crippen molar-refractivity contribution in [3.05, 3.63) is 58.9 Å². The Hall–Kier alpha value is -2.85. The number of hydrogen-bond acceptors (Lipinski definition) is 6. The van der Waals surface area contributed by atoms with Crippen LogP contribution in [0.5, 0.6) is 0 Å². The summed E-state index contributed by atoms with van der Waals surface area (Å²) in [5.41, 5.74) is 3.12. The first-order valence-corrected chi connectivity index (χ1v) is 15.4. The number of thiocarbonyl (C=S) groups is 1. The van der Waals surface area contributed by atoms with Crippen LogP contribution in [0.1, 0.15) is 72.3 Å². The highest BCUT2D eigenvalue weighted by Gasteiger charge is 2.39. The number of carbonyl (C=O) groups excluding carboxylic acids is 1. The van der Waals surface area contributed by atoms with Gasteiger partial charge in [-0.1, -0.05) is 43.6 Å². The second-order valence-corrected chi connectivity index (χ2v) is 13.0. The minimum atomic E-state index is -3.00. The number of unbranched alkanes of at least 4 members (excludes halogenated alkanes) is 1. The number of benzene rings is 1. The molecule has 1 unspecified atom stereocenters. The van der Waals surface area contributed by atoms with Crippen molar-refractivity contribution in [3.8, 4) is 0 Å². The molecule has 1 aliphatic rings. The zero-order valence-corrected chi connectivity index (χ0v) is 23.9. The minimum absolute atomic E-state index is 0.152. The molecule has 206 valence electrons. The van der Waals surface area contributed by atoms with Crippen LogP contribution in [0, 0.1) is 19.3 Å². The number of aryl methyl sites for hydroxylation is 2. The first kappa shape index (κ1) is 29.7. The van der Waals surface area contributed by atoms with Gasteiger partial charge in [-0.15, -0.1) is 0 Å². The van der Waals surface area contributed by atoms with Crippen molar-refractivity contribution in [1.29, 1.82) is 0 Å². The van der Waals surface area contributed by atoms with E-state index < -0.39 is 21.8 Å². The summed E-state index contributed by atoms with van der Waals surface area (Å²) in [6.07, 6.45) is 7.36. The lowest BCUT2D eigenvalue weighted by Crippen LogP contribution is -2.47. The van der Waals surface area contributed by atoms with Crippen molar-refractivity contribution >= 4 is 44.6 Å². The van der Waals surface area contributed by atoms with E-state index in [1.165, 1.54) is 6.26 Å². The number of aromatic nitrogens is 1. The summed E-state index contributed by atoms with van der Waals surface area (Å²) in [6, 6.07) is 9.75. The van der Waals surface area contributed by atoms with Crippen LogP contribution in [-0.4, -0.2) is 53.4 Å². The Labute approximate surface area is 230 Å². The number of nitrogens with one attached hydrogen (secondary N) is 2. The molecule has 1 aliphatic carbocycles. The van der Waals surface area contributed by atoms with E-state index in [0.717, 1.165) is 49.8 Å². The molecule has 0 spiro atoms. The first-order chi connectivity index (χ1) is 17.9. The van der Waals surface area contributed by atoms with Crippen molar-refractivity contribution in [2.24, 2.45) is 5.41 Å². The lowest BCUT2D eigenvalue weighted by molar-refractivity contribution is -0.139. The van der Waals surface area contributed by atoms with Gasteiger partial charge < -0.3 is 15.7 Å². The third-order valence-corrected chi connectivity index (χ3v) is 8.77. The molecule has 1 fully saturated rings. The molecular weight excluding hydrogens is 522 g/mol. The number of pyridine rings is 1. The summed E-state index contributed by atoms with van der Waals surface area (Å²) >= 11 is 5.75. The van der Waals surface area contributed by atoms with Crippen LogP contribution in [0.3, 0.4) is 0 Å². The summed E-state index contributed by atoms with van der Waals surface area (Å²) in [4.78, 5) is 29.6. The molecule has 3 rings (SSSR count). The van der Waals surface area contributed by atoms with E-state index in [1.54, 1.807) is 43.3 Å². The third-order valence-electron chi connectivity index (χ3n) is 7.19. The predicted molar refractivity (Wildman–Crippen MR) is 153 cm³/mol. The van der Waals surface area contributed by atoms with Crippen LogP contribution in [-0.2, 0) is 21.1 Å². The Morgan fingerprint density at radius 2 is 1.74 bits per heavy atom. The maximum absolute atomic E-state index is 12.6. The van der Waals surface area contributed by atoms with Crippen molar-refractivity contribution in [3.63, 3.8) is 0 Å². The molecule has 38 heavy (non-hydrogen) atoms. The van der Waals surface area contributed by atoms with Crippen molar-refractivity contribution in [2.75, 3.05) is 17.3 Å². The average molecular weight is 560 g/mol. The fourth-order valence-corrected chi connectivity index (χ4v) is 6.24. The molecule has 8 nitrogen and oxygen atoms in total. The largest absolute Gasteiger partial charge is 0.480 e. The number of amides is 1. The van der Waals surface area contributed by atoms with E-state index in [-0.39, 0.29) is 23.5 Å². The predicted octanol–water partition coefficient (Wildman–Crippen LogP) is 4.64. The van der Waals surface area contributed by atoms with Gasteiger partial charge in [0.1, 0.15) is 15.9 Å². The van der Waals surface area contributed by atoms with Gasteiger partial charge in [0.15, 0.2) is 0 Å². The highest BCUT2D eigenvalue weighted by atomic mass is 32.2.